The minimum Gasteiger partial charge on any atom is -0.478 e. The number of para-hydroxylation sites is 1. The van der Waals surface area contributed by atoms with Gasteiger partial charge in [0.05, 0.1) is 11.3 Å². The van der Waals surface area contributed by atoms with E-state index in [1.54, 1.807) is 6.08 Å². The Bertz CT molecular complexity index is 1570. The van der Waals surface area contributed by atoms with Gasteiger partial charge in [-0.3, -0.25) is 19.8 Å². The van der Waals surface area contributed by atoms with Gasteiger partial charge >= 0.3 is 5.97 Å². The Balaban J connectivity index is 1.53. The third-order valence-electron chi connectivity index (χ3n) is 5.86. The topological polar surface area (TPSA) is 91.6 Å². The first-order valence-corrected chi connectivity index (χ1v) is 11.7. The van der Waals surface area contributed by atoms with E-state index in [2.05, 4.69) is 5.32 Å². The fraction of sp³-hybridized carbons (Fsp3) is 0.0370. The van der Waals surface area contributed by atoms with Gasteiger partial charge in [0.15, 0.2) is 5.11 Å². The molecule has 7 nitrogen and oxygen atoms in total. The van der Waals surface area contributed by atoms with Crippen molar-refractivity contribution in [1.29, 1.82) is 0 Å². The number of hydrogen-bond donors (Lipinski definition) is 2. The summed E-state index contributed by atoms with van der Waals surface area (Å²) in [7, 11) is 0. The number of aromatic nitrogens is 1. The van der Waals surface area contributed by atoms with E-state index in [-0.39, 0.29) is 16.2 Å². The maximum Gasteiger partial charge on any atom is 0.335 e. The molecule has 0 saturated carbocycles. The van der Waals surface area contributed by atoms with Crippen LogP contribution in [0.25, 0.3) is 17.0 Å². The van der Waals surface area contributed by atoms with E-state index in [4.69, 9.17) is 28.9 Å². The van der Waals surface area contributed by atoms with Crippen LogP contribution in [0.15, 0.2) is 84.6 Å². The first-order valence-electron chi connectivity index (χ1n) is 10.9. The Morgan fingerprint density at radius 3 is 2.39 bits per heavy atom. The molecule has 178 valence electrons. The molecule has 0 aliphatic carbocycles. The van der Waals surface area contributed by atoms with Crippen LogP contribution in [0.5, 0.6) is 0 Å². The molecule has 0 atom stereocenters. The summed E-state index contributed by atoms with van der Waals surface area (Å²) < 4.78 is 2.04. The van der Waals surface area contributed by atoms with Crippen molar-refractivity contribution in [3.8, 4) is 0 Å². The van der Waals surface area contributed by atoms with Gasteiger partial charge in [0.1, 0.15) is 5.57 Å². The summed E-state index contributed by atoms with van der Waals surface area (Å²) in [5, 5.41) is 13.2. The normalized spacial score (nSPS) is 15.0. The number of benzene rings is 3. The number of nitrogens with one attached hydrogen (secondary N) is 1. The standard InChI is InChI=1S/C27H18ClN3O4S/c28-19-9-5-16(6-10-19)14-30-15-18(21-3-1-2-4-23(21)30)13-22-24(32)29-27(36)31(25(22)33)20-11-7-17(8-12-20)26(34)35/h1-13,15H,14H2,(H,34,35)(H,29,32,36)/b22-13+. The predicted octanol–water partition coefficient (Wildman–Crippen LogP) is 4.87. The number of carboxylic acids is 1. The second-order valence-corrected chi connectivity index (χ2v) is 8.99. The zero-order valence-electron chi connectivity index (χ0n) is 18.6. The Morgan fingerprint density at radius 1 is 1.00 bits per heavy atom. The van der Waals surface area contributed by atoms with Gasteiger partial charge in [-0.25, -0.2) is 4.79 Å². The number of thiocarbonyl (C=S) groups is 1. The number of fused-ring (bicyclic) bond motifs is 1. The van der Waals surface area contributed by atoms with Crippen molar-refractivity contribution in [2.45, 2.75) is 6.54 Å². The van der Waals surface area contributed by atoms with Crippen molar-refractivity contribution in [1.82, 2.24) is 9.88 Å². The van der Waals surface area contributed by atoms with E-state index < -0.39 is 17.8 Å². The zero-order chi connectivity index (χ0) is 25.4. The minimum absolute atomic E-state index is 0.0717. The van der Waals surface area contributed by atoms with Crippen LogP contribution < -0.4 is 10.2 Å². The van der Waals surface area contributed by atoms with Crippen LogP contribution in [-0.2, 0) is 16.1 Å². The number of carbonyl (C=O) groups is 3. The largest absolute Gasteiger partial charge is 0.478 e. The lowest BCUT2D eigenvalue weighted by Gasteiger charge is -2.28. The van der Waals surface area contributed by atoms with Gasteiger partial charge in [-0.05, 0) is 66.3 Å². The molecule has 0 bridgehead atoms. The monoisotopic (exact) mass is 515 g/mol. The Morgan fingerprint density at radius 2 is 1.69 bits per heavy atom. The molecular weight excluding hydrogens is 498 g/mol. The van der Waals surface area contributed by atoms with Gasteiger partial charge in [0.2, 0.25) is 0 Å². The molecule has 2 amide bonds. The number of hydrogen-bond acceptors (Lipinski definition) is 4. The summed E-state index contributed by atoms with van der Waals surface area (Å²) in [6.07, 6.45) is 3.45. The SMILES string of the molecule is O=C1NC(=S)N(c2ccc(C(=O)O)cc2)C(=O)/C1=C/c1cn(Cc2ccc(Cl)cc2)c2ccccc12. The number of rotatable bonds is 5. The summed E-state index contributed by atoms with van der Waals surface area (Å²) in [5.74, 6) is -2.28. The van der Waals surface area contributed by atoms with Crippen molar-refractivity contribution < 1.29 is 19.5 Å². The maximum absolute atomic E-state index is 13.4. The quantitative estimate of drug-likeness (QED) is 0.225. The van der Waals surface area contributed by atoms with Crippen LogP contribution in [0.1, 0.15) is 21.5 Å². The number of amides is 2. The molecular formula is C27H18ClN3O4S. The Labute approximate surface area is 216 Å². The molecule has 1 aromatic heterocycles. The van der Waals surface area contributed by atoms with Crippen LogP contribution in [0, 0.1) is 0 Å². The van der Waals surface area contributed by atoms with Crippen molar-refractivity contribution in [2.75, 3.05) is 4.90 Å². The molecule has 3 aromatic carbocycles. The highest BCUT2D eigenvalue weighted by atomic mass is 35.5. The summed E-state index contributed by atoms with van der Waals surface area (Å²) in [5.41, 5.74) is 3.03. The highest BCUT2D eigenvalue weighted by Crippen LogP contribution is 2.27. The molecule has 9 heteroatoms. The van der Waals surface area contributed by atoms with E-state index in [0.717, 1.165) is 16.5 Å². The van der Waals surface area contributed by atoms with Gasteiger partial charge in [-0.2, -0.15) is 0 Å². The van der Waals surface area contributed by atoms with E-state index >= 15 is 0 Å². The number of anilines is 1. The number of nitrogens with zero attached hydrogens (tertiary/aromatic N) is 2. The molecule has 1 aliphatic rings. The van der Waals surface area contributed by atoms with Crippen LogP contribution in [0.3, 0.4) is 0 Å². The van der Waals surface area contributed by atoms with Gasteiger partial charge in [0, 0.05) is 34.2 Å². The maximum atomic E-state index is 13.4. The molecule has 2 N–H and O–H groups in total. The molecule has 0 unspecified atom stereocenters. The van der Waals surface area contributed by atoms with E-state index in [1.165, 1.54) is 29.2 Å². The lowest BCUT2D eigenvalue weighted by atomic mass is 10.1. The highest BCUT2D eigenvalue weighted by molar-refractivity contribution is 7.80. The van der Waals surface area contributed by atoms with Gasteiger partial charge in [-0.15, -0.1) is 0 Å². The third kappa shape index (κ3) is 4.39. The summed E-state index contributed by atoms with van der Waals surface area (Å²) in [6, 6.07) is 21.0. The minimum atomic E-state index is -1.09. The summed E-state index contributed by atoms with van der Waals surface area (Å²) >= 11 is 11.3. The summed E-state index contributed by atoms with van der Waals surface area (Å²) in [4.78, 5) is 38.6. The van der Waals surface area contributed by atoms with E-state index in [0.29, 0.717) is 22.8 Å². The van der Waals surface area contributed by atoms with Crippen LogP contribution in [0.2, 0.25) is 5.02 Å². The zero-order valence-corrected chi connectivity index (χ0v) is 20.2. The number of carboxylic acid groups (broad SMARTS) is 1. The van der Waals surface area contributed by atoms with Crippen molar-refractivity contribution in [2.24, 2.45) is 0 Å². The Kier molecular flexibility index (Phi) is 6.13. The molecule has 0 radical (unpaired) electrons. The molecule has 0 spiro atoms. The van der Waals surface area contributed by atoms with Crippen molar-refractivity contribution in [3.63, 3.8) is 0 Å². The number of carbonyl (C=O) groups excluding carboxylic acids is 2. The molecule has 1 saturated heterocycles. The lowest BCUT2D eigenvalue weighted by molar-refractivity contribution is -0.122. The molecule has 5 rings (SSSR count). The second-order valence-electron chi connectivity index (χ2n) is 8.17. The number of aromatic carboxylic acids is 1. The van der Waals surface area contributed by atoms with Gasteiger partial charge in [-0.1, -0.05) is 41.9 Å². The van der Waals surface area contributed by atoms with Gasteiger partial charge < -0.3 is 9.67 Å². The molecule has 1 fully saturated rings. The van der Waals surface area contributed by atoms with E-state index in [1.807, 2.05) is 59.3 Å². The smallest absolute Gasteiger partial charge is 0.335 e. The van der Waals surface area contributed by atoms with E-state index in [9.17, 15) is 14.4 Å². The van der Waals surface area contributed by atoms with Crippen molar-refractivity contribution in [3.05, 3.63) is 106 Å². The highest BCUT2D eigenvalue weighted by Gasteiger charge is 2.34. The van der Waals surface area contributed by atoms with Crippen LogP contribution in [-0.4, -0.2) is 32.6 Å². The van der Waals surface area contributed by atoms with Crippen LogP contribution in [0.4, 0.5) is 5.69 Å². The Hall–Kier alpha value is -4.27. The predicted molar refractivity (Wildman–Crippen MR) is 142 cm³/mol. The fourth-order valence-corrected chi connectivity index (χ4v) is 4.52. The fourth-order valence-electron chi connectivity index (χ4n) is 4.11. The average molecular weight is 516 g/mol. The first kappa shape index (κ1) is 23.5. The molecule has 2 heterocycles. The molecule has 1 aliphatic heterocycles. The summed E-state index contributed by atoms with van der Waals surface area (Å²) in [6.45, 7) is 0.577. The average Bonchev–Trinajstić information content (AvgIpc) is 3.20. The lowest BCUT2D eigenvalue weighted by Crippen LogP contribution is -2.54. The molecule has 4 aromatic rings. The first-order chi connectivity index (χ1) is 17.3. The molecule has 36 heavy (non-hydrogen) atoms. The van der Waals surface area contributed by atoms with Crippen LogP contribution >= 0.6 is 23.8 Å². The second kappa shape index (κ2) is 9.41. The van der Waals surface area contributed by atoms with Gasteiger partial charge in [0.25, 0.3) is 11.8 Å². The van der Waals surface area contributed by atoms with Crippen molar-refractivity contribution >= 4 is 69.4 Å². The number of halogens is 1. The third-order valence-corrected chi connectivity index (χ3v) is 6.40.